The fourth-order valence-electron chi connectivity index (χ4n) is 2.37. The summed E-state index contributed by atoms with van der Waals surface area (Å²) in [5, 5.41) is 12.4. The van der Waals surface area contributed by atoms with Crippen LogP contribution in [0.25, 0.3) is 0 Å². The molecule has 0 unspecified atom stereocenters. The summed E-state index contributed by atoms with van der Waals surface area (Å²) in [7, 11) is 1.74. The number of carboxylic acid groups (broad SMARTS) is 1. The lowest BCUT2D eigenvalue weighted by Crippen LogP contribution is -2.51. The first-order valence-electron chi connectivity index (χ1n) is 6.74. The molecule has 2 rings (SSSR count). The van der Waals surface area contributed by atoms with Crippen LogP contribution in [0.5, 0.6) is 0 Å². The fraction of sp³-hybridized carbons (Fsp3) is 0.250. The molecule has 1 aromatic heterocycles. The van der Waals surface area contributed by atoms with Crippen molar-refractivity contribution >= 4 is 11.9 Å². The molecule has 0 bridgehead atoms. The van der Waals surface area contributed by atoms with Crippen LogP contribution < -0.4 is 5.32 Å². The lowest BCUT2D eigenvalue weighted by Gasteiger charge is -2.30. The number of nitrogens with zero attached hydrogens (tertiary/aromatic N) is 1. The highest BCUT2D eigenvalue weighted by atomic mass is 16.4. The number of hydrogen-bond acceptors (Lipinski definition) is 2. The van der Waals surface area contributed by atoms with E-state index in [0.29, 0.717) is 11.3 Å². The lowest BCUT2D eigenvalue weighted by molar-refractivity contribution is -0.145. The van der Waals surface area contributed by atoms with Crippen molar-refractivity contribution in [1.29, 1.82) is 0 Å². The quantitative estimate of drug-likeness (QED) is 0.884. The summed E-state index contributed by atoms with van der Waals surface area (Å²) < 4.78 is 1.66. The summed E-state index contributed by atoms with van der Waals surface area (Å²) in [5.41, 5.74) is -0.449. The Balaban J connectivity index is 2.41. The van der Waals surface area contributed by atoms with Gasteiger partial charge in [0.15, 0.2) is 5.54 Å². The first-order valence-corrected chi connectivity index (χ1v) is 6.74. The minimum Gasteiger partial charge on any atom is -0.479 e. The smallest absolute Gasteiger partial charge is 0.334 e. The van der Waals surface area contributed by atoms with Gasteiger partial charge in [-0.2, -0.15) is 0 Å². The van der Waals surface area contributed by atoms with Gasteiger partial charge in [0.25, 0.3) is 5.91 Å². The molecule has 0 aliphatic rings. The minimum absolute atomic E-state index is 0.252. The molecular weight excluding hydrogens is 268 g/mol. The van der Waals surface area contributed by atoms with Crippen LogP contribution in [0.1, 0.15) is 29.4 Å². The van der Waals surface area contributed by atoms with Crippen molar-refractivity contribution in [2.24, 2.45) is 7.05 Å². The van der Waals surface area contributed by atoms with E-state index in [4.69, 9.17) is 0 Å². The van der Waals surface area contributed by atoms with Crippen LogP contribution in [-0.2, 0) is 17.4 Å². The highest BCUT2D eigenvalue weighted by Gasteiger charge is 2.40. The number of nitrogens with one attached hydrogen (secondary N) is 1. The number of aromatic nitrogens is 1. The molecule has 0 saturated heterocycles. The van der Waals surface area contributed by atoms with Crippen molar-refractivity contribution < 1.29 is 14.7 Å². The van der Waals surface area contributed by atoms with Gasteiger partial charge in [-0.15, -0.1) is 0 Å². The maximum absolute atomic E-state index is 12.4. The number of benzene rings is 1. The second-order valence-electron chi connectivity index (χ2n) is 4.89. The number of aryl methyl sites for hydroxylation is 1. The molecule has 5 heteroatoms. The van der Waals surface area contributed by atoms with Gasteiger partial charge in [-0.1, -0.05) is 37.3 Å². The summed E-state index contributed by atoms with van der Waals surface area (Å²) in [5.74, 6) is -1.48. The van der Waals surface area contributed by atoms with Crippen molar-refractivity contribution in [2.45, 2.75) is 18.9 Å². The molecule has 1 amide bonds. The van der Waals surface area contributed by atoms with Crippen molar-refractivity contribution in [3.8, 4) is 0 Å². The van der Waals surface area contributed by atoms with Crippen LogP contribution in [0, 0.1) is 0 Å². The number of aliphatic carboxylic acids is 1. The van der Waals surface area contributed by atoms with E-state index in [-0.39, 0.29) is 6.42 Å². The maximum Gasteiger partial charge on any atom is 0.334 e. The Bertz CT molecular complexity index is 649. The Morgan fingerprint density at radius 2 is 1.86 bits per heavy atom. The number of carbonyl (C=O) groups excluding carboxylic acids is 1. The molecule has 1 heterocycles. The van der Waals surface area contributed by atoms with Gasteiger partial charge in [-0.05, 0) is 24.1 Å². The van der Waals surface area contributed by atoms with Crippen LogP contribution in [0.2, 0.25) is 0 Å². The predicted molar refractivity (Wildman–Crippen MR) is 78.9 cm³/mol. The number of hydrogen-bond donors (Lipinski definition) is 2. The van der Waals surface area contributed by atoms with Crippen LogP contribution in [-0.4, -0.2) is 21.6 Å². The van der Waals surface area contributed by atoms with Crippen molar-refractivity contribution in [3.63, 3.8) is 0 Å². The van der Waals surface area contributed by atoms with Gasteiger partial charge < -0.3 is 15.0 Å². The summed E-state index contributed by atoms with van der Waals surface area (Å²) in [4.78, 5) is 24.2. The minimum atomic E-state index is -1.43. The molecule has 110 valence electrons. The second kappa shape index (κ2) is 5.83. The molecule has 0 spiro atoms. The van der Waals surface area contributed by atoms with E-state index in [1.165, 1.54) is 0 Å². The van der Waals surface area contributed by atoms with Crippen LogP contribution in [0.4, 0.5) is 0 Å². The maximum atomic E-state index is 12.4. The molecule has 2 N–H and O–H groups in total. The zero-order valence-corrected chi connectivity index (χ0v) is 12.0. The highest BCUT2D eigenvalue weighted by Crippen LogP contribution is 2.26. The Kier molecular flexibility index (Phi) is 4.12. The molecule has 0 aliphatic carbocycles. The zero-order chi connectivity index (χ0) is 15.5. The van der Waals surface area contributed by atoms with E-state index >= 15 is 0 Å². The van der Waals surface area contributed by atoms with Gasteiger partial charge in [-0.3, -0.25) is 4.79 Å². The Morgan fingerprint density at radius 3 is 2.33 bits per heavy atom. The number of rotatable bonds is 5. The molecule has 5 nitrogen and oxygen atoms in total. The number of amides is 1. The SMILES string of the molecule is CC[C@](NC(=O)c1cccn1C)(C(=O)O)c1ccccc1. The third-order valence-electron chi connectivity index (χ3n) is 3.67. The molecular formula is C16H18N2O3. The average molecular weight is 286 g/mol. The van der Waals surface area contributed by atoms with Crippen LogP contribution in [0.15, 0.2) is 48.7 Å². The highest BCUT2D eigenvalue weighted by molar-refractivity contribution is 5.97. The average Bonchev–Trinajstić information content (AvgIpc) is 2.91. The van der Waals surface area contributed by atoms with Gasteiger partial charge in [-0.25, -0.2) is 4.79 Å². The molecule has 1 atom stereocenters. The van der Waals surface area contributed by atoms with Gasteiger partial charge in [0.2, 0.25) is 0 Å². The zero-order valence-electron chi connectivity index (χ0n) is 12.0. The Hall–Kier alpha value is -2.56. The Labute approximate surface area is 123 Å². The van der Waals surface area contributed by atoms with Gasteiger partial charge in [0, 0.05) is 13.2 Å². The number of carboxylic acids is 1. The first-order chi connectivity index (χ1) is 10.0. The third kappa shape index (κ3) is 2.67. The normalized spacial score (nSPS) is 13.4. The fourth-order valence-corrected chi connectivity index (χ4v) is 2.37. The molecule has 1 aromatic carbocycles. The van der Waals surface area contributed by atoms with Crippen molar-refractivity contribution in [2.75, 3.05) is 0 Å². The largest absolute Gasteiger partial charge is 0.479 e. The van der Waals surface area contributed by atoms with Gasteiger partial charge in [0.05, 0.1) is 0 Å². The van der Waals surface area contributed by atoms with E-state index in [2.05, 4.69) is 5.32 Å². The monoisotopic (exact) mass is 286 g/mol. The van der Waals surface area contributed by atoms with Gasteiger partial charge >= 0.3 is 5.97 Å². The third-order valence-corrected chi connectivity index (χ3v) is 3.67. The molecule has 0 saturated carbocycles. The first kappa shape index (κ1) is 14.8. The Morgan fingerprint density at radius 1 is 1.19 bits per heavy atom. The van der Waals surface area contributed by atoms with Crippen molar-refractivity contribution in [1.82, 2.24) is 9.88 Å². The van der Waals surface area contributed by atoms with E-state index in [9.17, 15) is 14.7 Å². The molecule has 0 radical (unpaired) electrons. The summed E-state index contributed by atoms with van der Waals surface area (Å²) in [6.07, 6.45) is 1.99. The van der Waals surface area contributed by atoms with E-state index < -0.39 is 17.4 Å². The second-order valence-corrected chi connectivity index (χ2v) is 4.89. The number of carbonyl (C=O) groups is 2. The summed E-state index contributed by atoms with van der Waals surface area (Å²) in [6, 6.07) is 12.2. The topological polar surface area (TPSA) is 71.3 Å². The van der Waals surface area contributed by atoms with Crippen molar-refractivity contribution in [3.05, 3.63) is 59.9 Å². The summed E-state index contributed by atoms with van der Waals surface area (Å²) in [6.45, 7) is 1.74. The molecule has 0 aliphatic heterocycles. The van der Waals surface area contributed by atoms with Crippen LogP contribution >= 0.6 is 0 Å². The van der Waals surface area contributed by atoms with Crippen LogP contribution in [0.3, 0.4) is 0 Å². The van der Waals surface area contributed by atoms with E-state index in [1.807, 2.05) is 6.07 Å². The molecule has 21 heavy (non-hydrogen) atoms. The molecule has 0 fully saturated rings. The standard InChI is InChI=1S/C16H18N2O3/c1-3-16(15(20)21,12-8-5-4-6-9-12)17-14(19)13-10-7-11-18(13)2/h4-11H,3H2,1-2H3,(H,17,19)(H,20,21)/t16-/m1/s1. The lowest BCUT2D eigenvalue weighted by atomic mass is 9.87. The predicted octanol–water partition coefficient (Wildman–Crippen LogP) is 2.15. The molecule has 2 aromatic rings. The van der Waals surface area contributed by atoms with Gasteiger partial charge in [0.1, 0.15) is 5.69 Å². The van der Waals surface area contributed by atoms with E-state index in [0.717, 1.165) is 0 Å². The van der Waals surface area contributed by atoms with E-state index in [1.54, 1.807) is 61.1 Å². The summed E-state index contributed by atoms with van der Waals surface area (Å²) >= 11 is 0.